The van der Waals surface area contributed by atoms with E-state index >= 15 is 0 Å². The molecule has 0 atom stereocenters. The zero-order valence-electron chi connectivity index (χ0n) is 17.7. The Labute approximate surface area is 172 Å². The molecule has 4 heteroatoms. The summed E-state index contributed by atoms with van der Waals surface area (Å²) in [6.45, 7) is 3.57. The Morgan fingerprint density at radius 3 is 1.82 bits per heavy atom. The van der Waals surface area contributed by atoms with Gasteiger partial charge in [-0.25, -0.2) is 0 Å². The van der Waals surface area contributed by atoms with Crippen molar-refractivity contribution < 1.29 is 9.59 Å². The van der Waals surface area contributed by atoms with Gasteiger partial charge >= 0.3 is 0 Å². The van der Waals surface area contributed by atoms with E-state index in [0.29, 0.717) is 25.9 Å². The van der Waals surface area contributed by atoms with Crippen LogP contribution in [0.3, 0.4) is 0 Å². The van der Waals surface area contributed by atoms with Crippen molar-refractivity contribution in [2.45, 2.75) is 77.6 Å². The number of carbonyl (C=O) groups excluding carboxylic acids is 2. The predicted octanol–water partition coefficient (Wildman–Crippen LogP) is 5.38. The van der Waals surface area contributed by atoms with Crippen molar-refractivity contribution in [3.63, 3.8) is 0 Å². The normalized spacial score (nSPS) is 11.9. The van der Waals surface area contributed by atoms with Crippen molar-refractivity contribution >= 4 is 12.3 Å². The molecule has 0 radical (unpaired) electrons. The van der Waals surface area contributed by atoms with Gasteiger partial charge < -0.3 is 10.6 Å². The number of amides is 2. The SMILES string of the molecule is CCCC/C=C/C/C=C\C/C=C\C/C=C\CCCC(=O)NCCCCNC=O. The van der Waals surface area contributed by atoms with Crippen LogP contribution in [0.1, 0.15) is 77.6 Å². The second-order valence-corrected chi connectivity index (χ2v) is 6.76. The third-order valence-corrected chi connectivity index (χ3v) is 4.14. The first-order valence-electron chi connectivity index (χ1n) is 10.8. The molecule has 0 aromatic carbocycles. The topological polar surface area (TPSA) is 58.2 Å². The van der Waals surface area contributed by atoms with Crippen LogP contribution in [0, 0.1) is 0 Å². The highest BCUT2D eigenvalue weighted by Gasteiger charge is 1.98. The Bertz CT molecular complexity index is 479. The third-order valence-electron chi connectivity index (χ3n) is 4.14. The van der Waals surface area contributed by atoms with Crippen molar-refractivity contribution in [3.8, 4) is 0 Å². The summed E-state index contributed by atoms with van der Waals surface area (Å²) in [5.74, 6) is 0.114. The lowest BCUT2D eigenvalue weighted by Crippen LogP contribution is -2.24. The fourth-order valence-corrected chi connectivity index (χ4v) is 2.48. The summed E-state index contributed by atoms with van der Waals surface area (Å²) in [7, 11) is 0. The number of allylic oxidation sites excluding steroid dienone is 8. The van der Waals surface area contributed by atoms with Crippen molar-refractivity contribution in [3.05, 3.63) is 48.6 Å². The molecule has 0 rings (SSSR count). The molecule has 0 heterocycles. The van der Waals surface area contributed by atoms with Gasteiger partial charge in [-0.3, -0.25) is 9.59 Å². The van der Waals surface area contributed by atoms with Crippen LogP contribution in [-0.2, 0) is 9.59 Å². The molecule has 0 bridgehead atoms. The molecule has 0 fully saturated rings. The maximum atomic E-state index is 11.7. The molecule has 0 aromatic heterocycles. The molecular weight excluding hydrogens is 348 g/mol. The molecule has 0 saturated carbocycles. The van der Waals surface area contributed by atoms with Gasteiger partial charge in [-0.2, -0.15) is 0 Å². The van der Waals surface area contributed by atoms with E-state index in [2.05, 4.69) is 66.2 Å². The van der Waals surface area contributed by atoms with Crippen LogP contribution >= 0.6 is 0 Å². The summed E-state index contributed by atoms with van der Waals surface area (Å²) < 4.78 is 0. The van der Waals surface area contributed by atoms with Gasteiger partial charge in [-0.15, -0.1) is 0 Å². The molecular formula is C24H40N2O2. The number of rotatable bonds is 19. The van der Waals surface area contributed by atoms with Crippen molar-refractivity contribution in [1.29, 1.82) is 0 Å². The molecule has 0 saturated heterocycles. The van der Waals surface area contributed by atoms with Gasteiger partial charge in [-0.05, 0) is 51.4 Å². The fourth-order valence-electron chi connectivity index (χ4n) is 2.48. The van der Waals surface area contributed by atoms with Crippen LogP contribution in [0.2, 0.25) is 0 Å². The Balaban J connectivity index is 3.44. The number of carbonyl (C=O) groups is 2. The summed E-state index contributed by atoms with van der Waals surface area (Å²) in [4.78, 5) is 21.7. The van der Waals surface area contributed by atoms with Gasteiger partial charge in [0.1, 0.15) is 0 Å². The third kappa shape index (κ3) is 21.9. The van der Waals surface area contributed by atoms with Gasteiger partial charge in [0.05, 0.1) is 0 Å². The lowest BCUT2D eigenvalue weighted by Gasteiger charge is -2.04. The van der Waals surface area contributed by atoms with Gasteiger partial charge in [0, 0.05) is 19.5 Å². The summed E-state index contributed by atoms with van der Waals surface area (Å²) >= 11 is 0. The Hall–Kier alpha value is -2.10. The average molecular weight is 389 g/mol. The maximum absolute atomic E-state index is 11.7. The van der Waals surface area contributed by atoms with E-state index in [9.17, 15) is 9.59 Å². The zero-order valence-corrected chi connectivity index (χ0v) is 17.7. The van der Waals surface area contributed by atoms with Crippen LogP contribution < -0.4 is 10.6 Å². The number of hydrogen-bond donors (Lipinski definition) is 2. The Morgan fingerprint density at radius 2 is 1.25 bits per heavy atom. The number of hydrogen-bond acceptors (Lipinski definition) is 2. The lowest BCUT2D eigenvalue weighted by molar-refractivity contribution is -0.121. The van der Waals surface area contributed by atoms with Gasteiger partial charge in [0.15, 0.2) is 0 Å². The summed E-state index contributed by atoms with van der Waals surface area (Å²) in [6.07, 6.45) is 29.2. The molecule has 158 valence electrons. The summed E-state index contributed by atoms with van der Waals surface area (Å²) in [5.41, 5.74) is 0. The zero-order chi connectivity index (χ0) is 20.5. The van der Waals surface area contributed by atoms with Crippen LogP contribution in [0.25, 0.3) is 0 Å². The highest BCUT2D eigenvalue weighted by atomic mass is 16.1. The molecule has 0 aliphatic carbocycles. The first kappa shape index (κ1) is 25.9. The first-order valence-corrected chi connectivity index (χ1v) is 10.8. The molecule has 2 N–H and O–H groups in total. The highest BCUT2D eigenvalue weighted by Crippen LogP contribution is 2.00. The molecule has 0 aromatic rings. The van der Waals surface area contributed by atoms with Crippen LogP contribution in [-0.4, -0.2) is 25.4 Å². The van der Waals surface area contributed by atoms with Gasteiger partial charge in [0.25, 0.3) is 0 Å². The fraction of sp³-hybridized carbons (Fsp3) is 0.583. The second-order valence-electron chi connectivity index (χ2n) is 6.76. The van der Waals surface area contributed by atoms with Crippen molar-refractivity contribution in [1.82, 2.24) is 10.6 Å². The molecule has 2 amide bonds. The lowest BCUT2D eigenvalue weighted by atomic mass is 10.2. The van der Waals surface area contributed by atoms with E-state index in [4.69, 9.17) is 0 Å². The molecule has 0 spiro atoms. The minimum absolute atomic E-state index is 0.114. The molecule has 28 heavy (non-hydrogen) atoms. The van der Waals surface area contributed by atoms with E-state index in [1.54, 1.807) is 0 Å². The van der Waals surface area contributed by atoms with Gasteiger partial charge in [-0.1, -0.05) is 68.4 Å². The van der Waals surface area contributed by atoms with E-state index in [1.165, 1.54) is 19.3 Å². The van der Waals surface area contributed by atoms with E-state index < -0.39 is 0 Å². The largest absolute Gasteiger partial charge is 0.359 e. The minimum Gasteiger partial charge on any atom is -0.359 e. The minimum atomic E-state index is 0.114. The van der Waals surface area contributed by atoms with Crippen molar-refractivity contribution in [2.24, 2.45) is 0 Å². The second kappa shape index (κ2) is 22.9. The molecule has 4 nitrogen and oxygen atoms in total. The van der Waals surface area contributed by atoms with Gasteiger partial charge in [0.2, 0.25) is 12.3 Å². The molecule has 0 aliphatic rings. The smallest absolute Gasteiger partial charge is 0.220 e. The first-order chi connectivity index (χ1) is 13.8. The van der Waals surface area contributed by atoms with Crippen LogP contribution in [0.15, 0.2) is 48.6 Å². The quantitative estimate of drug-likeness (QED) is 0.177. The number of nitrogens with one attached hydrogen (secondary N) is 2. The van der Waals surface area contributed by atoms with E-state index in [1.807, 2.05) is 0 Å². The highest BCUT2D eigenvalue weighted by molar-refractivity contribution is 5.75. The Morgan fingerprint density at radius 1 is 0.714 bits per heavy atom. The van der Waals surface area contributed by atoms with E-state index in [-0.39, 0.29) is 5.91 Å². The summed E-state index contributed by atoms with van der Waals surface area (Å²) in [5, 5.41) is 5.52. The maximum Gasteiger partial charge on any atom is 0.220 e. The molecule has 0 unspecified atom stereocenters. The van der Waals surface area contributed by atoms with Crippen LogP contribution in [0.5, 0.6) is 0 Å². The van der Waals surface area contributed by atoms with E-state index in [0.717, 1.165) is 44.9 Å². The predicted molar refractivity (Wildman–Crippen MR) is 120 cm³/mol. The standard InChI is InChI=1S/C24H40N2O2/c1-2-3-4-5-6-7-8-9-10-11-12-13-14-15-16-17-20-24(28)26-22-19-18-21-25-23-27/h5-6,8-9,11-12,14-15,23H,2-4,7,10,13,16-22H2,1H3,(H,25,27)(H,26,28)/b6-5+,9-8-,12-11-,15-14-. The molecule has 0 aliphatic heterocycles. The average Bonchev–Trinajstić information content (AvgIpc) is 2.70. The summed E-state index contributed by atoms with van der Waals surface area (Å²) in [6, 6.07) is 0. The van der Waals surface area contributed by atoms with Crippen molar-refractivity contribution in [2.75, 3.05) is 13.1 Å². The van der Waals surface area contributed by atoms with Crippen LogP contribution in [0.4, 0.5) is 0 Å². The Kier molecular flexibility index (Phi) is 21.2. The monoisotopic (exact) mass is 388 g/mol. The number of unbranched alkanes of at least 4 members (excludes halogenated alkanes) is 4.